The van der Waals surface area contributed by atoms with Crippen molar-refractivity contribution in [2.45, 2.75) is 25.3 Å². The van der Waals surface area contributed by atoms with Gasteiger partial charge in [-0.05, 0) is 26.0 Å². The number of rotatable bonds is 4. The van der Waals surface area contributed by atoms with E-state index in [1.807, 2.05) is 0 Å². The lowest BCUT2D eigenvalue weighted by Crippen LogP contribution is -2.17. The van der Waals surface area contributed by atoms with Gasteiger partial charge in [-0.25, -0.2) is 12.8 Å². The molecule has 0 saturated heterocycles. The first-order chi connectivity index (χ1) is 9.76. The maximum absolute atomic E-state index is 14.2. The Bertz CT molecular complexity index is 769. The number of nitrogens with one attached hydrogen (secondary N) is 2. The SMILES string of the molecule is Cc1n[nH]c(C)c1NS(=O)(=O)c1cc(Br)cc(CN)c1F. The Morgan fingerprint density at radius 3 is 2.62 bits per heavy atom. The lowest BCUT2D eigenvalue weighted by atomic mass is 10.2. The minimum absolute atomic E-state index is 0.0996. The fourth-order valence-corrected chi connectivity index (χ4v) is 3.84. The van der Waals surface area contributed by atoms with Crippen molar-refractivity contribution in [1.29, 1.82) is 0 Å². The number of halogens is 2. The zero-order valence-corrected chi connectivity index (χ0v) is 13.8. The molecule has 0 unspecified atom stereocenters. The summed E-state index contributed by atoms with van der Waals surface area (Å²) in [7, 11) is -4.08. The smallest absolute Gasteiger partial charge is 0.264 e. The highest BCUT2D eigenvalue weighted by Gasteiger charge is 2.24. The molecule has 2 rings (SSSR count). The summed E-state index contributed by atoms with van der Waals surface area (Å²) in [6, 6.07) is 2.64. The quantitative estimate of drug-likeness (QED) is 0.760. The Balaban J connectivity index is 2.53. The molecule has 0 aliphatic heterocycles. The van der Waals surface area contributed by atoms with E-state index in [-0.39, 0.29) is 12.1 Å². The summed E-state index contributed by atoms with van der Waals surface area (Å²) in [6.07, 6.45) is 0. The Kier molecular flexibility index (Phi) is 4.35. The number of aromatic nitrogens is 2. The zero-order chi connectivity index (χ0) is 15.8. The van der Waals surface area contributed by atoms with Crippen LogP contribution in [0, 0.1) is 19.7 Å². The molecule has 114 valence electrons. The molecule has 0 atom stereocenters. The van der Waals surface area contributed by atoms with E-state index in [2.05, 4.69) is 30.8 Å². The van der Waals surface area contributed by atoms with Crippen LogP contribution in [0.15, 0.2) is 21.5 Å². The summed E-state index contributed by atoms with van der Waals surface area (Å²) in [6.45, 7) is 3.21. The number of anilines is 1. The van der Waals surface area contributed by atoms with Gasteiger partial charge in [0.25, 0.3) is 10.0 Å². The summed E-state index contributed by atoms with van der Waals surface area (Å²) >= 11 is 3.15. The minimum atomic E-state index is -4.08. The van der Waals surface area contributed by atoms with Gasteiger partial charge in [-0.1, -0.05) is 15.9 Å². The van der Waals surface area contributed by atoms with Crippen LogP contribution in [0.1, 0.15) is 17.0 Å². The Morgan fingerprint density at radius 1 is 1.43 bits per heavy atom. The standard InChI is InChI=1S/C12H14BrFN4O2S/c1-6-12(7(2)17-16-6)18-21(19,20)10-4-9(13)3-8(5-15)11(10)14/h3-4,18H,5,15H2,1-2H3,(H,16,17). The van der Waals surface area contributed by atoms with Crippen LogP contribution in [-0.4, -0.2) is 18.6 Å². The van der Waals surface area contributed by atoms with E-state index in [1.165, 1.54) is 12.1 Å². The normalized spacial score (nSPS) is 11.7. The number of hydrogen-bond acceptors (Lipinski definition) is 4. The third-order valence-corrected chi connectivity index (χ3v) is 4.76. The van der Waals surface area contributed by atoms with Crippen molar-refractivity contribution >= 4 is 31.6 Å². The molecule has 0 amide bonds. The first-order valence-corrected chi connectivity index (χ1v) is 8.26. The molecule has 9 heteroatoms. The Labute approximate surface area is 130 Å². The molecular formula is C12H14BrFN4O2S. The predicted molar refractivity (Wildman–Crippen MR) is 80.9 cm³/mol. The van der Waals surface area contributed by atoms with Crippen LogP contribution < -0.4 is 10.5 Å². The van der Waals surface area contributed by atoms with Crippen LogP contribution in [-0.2, 0) is 16.6 Å². The van der Waals surface area contributed by atoms with Gasteiger partial charge >= 0.3 is 0 Å². The molecule has 4 N–H and O–H groups in total. The molecule has 1 aromatic carbocycles. The van der Waals surface area contributed by atoms with Crippen LogP contribution in [0.4, 0.5) is 10.1 Å². The molecule has 1 heterocycles. The van der Waals surface area contributed by atoms with Crippen LogP contribution in [0.25, 0.3) is 0 Å². The zero-order valence-electron chi connectivity index (χ0n) is 11.4. The second-order valence-electron chi connectivity index (χ2n) is 4.50. The van der Waals surface area contributed by atoms with Gasteiger partial charge in [0.2, 0.25) is 0 Å². The molecule has 0 bridgehead atoms. The van der Waals surface area contributed by atoms with E-state index >= 15 is 0 Å². The van der Waals surface area contributed by atoms with E-state index in [0.29, 0.717) is 21.5 Å². The molecule has 0 aliphatic rings. The topological polar surface area (TPSA) is 101 Å². The van der Waals surface area contributed by atoms with E-state index in [9.17, 15) is 12.8 Å². The molecule has 2 aromatic rings. The largest absolute Gasteiger partial charge is 0.326 e. The van der Waals surface area contributed by atoms with Crippen molar-refractivity contribution in [3.05, 3.63) is 39.4 Å². The number of H-pyrrole nitrogens is 1. The highest BCUT2D eigenvalue weighted by Crippen LogP contribution is 2.27. The highest BCUT2D eigenvalue weighted by atomic mass is 79.9. The molecule has 6 nitrogen and oxygen atoms in total. The first kappa shape index (κ1) is 15.9. The third kappa shape index (κ3) is 3.09. The first-order valence-electron chi connectivity index (χ1n) is 5.98. The van der Waals surface area contributed by atoms with Crippen LogP contribution in [0.3, 0.4) is 0 Å². The number of hydrogen-bond donors (Lipinski definition) is 3. The number of benzene rings is 1. The van der Waals surface area contributed by atoms with Gasteiger partial charge in [-0.3, -0.25) is 9.82 Å². The van der Waals surface area contributed by atoms with Gasteiger partial charge in [0.05, 0.1) is 17.1 Å². The summed E-state index contributed by atoms with van der Waals surface area (Å²) in [5.41, 5.74) is 6.87. The summed E-state index contributed by atoms with van der Waals surface area (Å²) in [5, 5.41) is 6.55. The Hall–Kier alpha value is -1.45. The predicted octanol–water partition coefficient (Wildman–Crippen LogP) is 2.19. The van der Waals surface area contributed by atoms with Gasteiger partial charge in [0.1, 0.15) is 10.7 Å². The maximum atomic E-state index is 14.2. The van der Waals surface area contributed by atoms with Crippen LogP contribution >= 0.6 is 15.9 Å². The van der Waals surface area contributed by atoms with Crippen molar-refractivity contribution in [3.8, 4) is 0 Å². The molecule has 0 spiro atoms. The molecule has 21 heavy (non-hydrogen) atoms. The minimum Gasteiger partial charge on any atom is -0.326 e. The second-order valence-corrected chi connectivity index (χ2v) is 7.06. The van der Waals surface area contributed by atoms with Crippen LogP contribution in [0.5, 0.6) is 0 Å². The van der Waals surface area contributed by atoms with Crippen molar-refractivity contribution < 1.29 is 12.8 Å². The summed E-state index contributed by atoms with van der Waals surface area (Å²) < 4.78 is 41.8. The van der Waals surface area contributed by atoms with E-state index in [0.717, 1.165) is 0 Å². The van der Waals surface area contributed by atoms with E-state index in [4.69, 9.17) is 5.73 Å². The number of sulfonamides is 1. The summed E-state index contributed by atoms with van der Waals surface area (Å²) in [5.74, 6) is -0.855. The number of nitrogens with two attached hydrogens (primary N) is 1. The highest BCUT2D eigenvalue weighted by molar-refractivity contribution is 9.10. The Morgan fingerprint density at radius 2 is 2.10 bits per heavy atom. The molecule has 0 fully saturated rings. The van der Waals surface area contributed by atoms with Crippen molar-refractivity contribution in [2.24, 2.45) is 5.73 Å². The average molecular weight is 377 g/mol. The molecular weight excluding hydrogens is 363 g/mol. The second kappa shape index (κ2) is 5.74. The lowest BCUT2D eigenvalue weighted by Gasteiger charge is -2.11. The lowest BCUT2D eigenvalue weighted by molar-refractivity contribution is 0.560. The van der Waals surface area contributed by atoms with Gasteiger partial charge < -0.3 is 5.73 Å². The number of aryl methyl sites for hydroxylation is 2. The average Bonchev–Trinajstić information content (AvgIpc) is 2.72. The van der Waals surface area contributed by atoms with Crippen molar-refractivity contribution in [1.82, 2.24) is 10.2 Å². The monoisotopic (exact) mass is 376 g/mol. The molecule has 0 saturated carbocycles. The van der Waals surface area contributed by atoms with Crippen molar-refractivity contribution in [3.63, 3.8) is 0 Å². The van der Waals surface area contributed by atoms with Gasteiger partial charge in [-0.15, -0.1) is 0 Å². The van der Waals surface area contributed by atoms with E-state index in [1.54, 1.807) is 13.8 Å². The fraction of sp³-hybridized carbons (Fsp3) is 0.250. The fourth-order valence-electron chi connectivity index (χ4n) is 1.85. The van der Waals surface area contributed by atoms with Crippen molar-refractivity contribution in [2.75, 3.05) is 4.72 Å². The molecule has 0 aliphatic carbocycles. The summed E-state index contributed by atoms with van der Waals surface area (Å²) in [4.78, 5) is -0.461. The molecule has 1 aromatic heterocycles. The van der Waals surface area contributed by atoms with Gasteiger partial charge in [-0.2, -0.15) is 5.10 Å². The number of aromatic amines is 1. The van der Waals surface area contributed by atoms with E-state index < -0.39 is 20.7 Å². The maximum Gasteiger partial charge on any atom is 0.264 e. The van der Waals surface area contributed by atoms with Gasteiger partial charge in [0.15, 0.2) is 0 Å². The number of nitrogens with zero attached hydrogens (tertiary/aromatic N) is 1. The van der Waals surface area contributed by atoms with Gasteiger partial charge in [0, 0.05) is 16.6 Å². The van der Waals surface area contributed by atoms with Crippen LogP contribution in [0.2, 0.25) is 0 Å². The molecule has 0 radical (unpaired) electrons. The third-order valence-electron chi connectivity index (χ3n) is 2.95.